The van der Waals surface area contributed by atoms with Crippen LogP contribution in [0.5, 0.6) is 0 Å². The van der Waals surface area contributed by atoms with Gasteiger partial charge in [-0.15, -0.1) is 0 Å². The van der Waals surface area contributed by atoms with Crippen LogP contribution in [-0.2, 0) is 11.2 Å². The number of nitrogens with one attached hydrogen (secondary N) is 2. The van der Waals surface area contributed by atoms with E-state index in [2.05, 4.69) is 17.2 Å². The number of allylic oxidation sites excluding steroid dienone is 2. The Labute approximate surface area is 128 Å². The van der Waals surface area contributed by atoms with E-state index in [4.69, 9.17) is 5.11 Å². The summed E-state index contributed by atoms with van der Waals surface area (Å²) in [6.07, 6.45) is 4.82. The van der Waals surface area contributed by atoms with Crippen molar-refractivity contribution in [1.29, 1.82) is 0 Å². The minimum Gasteiger partial charge on any atom is -0.396 e. The van der Waals surface area contributed by atoms with Gasteiger partial charge in [0.15, 0.2) is 6.29 Å². The Kier molecular flexibility index (Phi) is 5.66. The molecule has 0 atom stereocenters. The lowest BCUT2D eigenvalue weighted by Crippen LogP contribution is -2.08. The maximum atomic E-state index is 11.5. The lowest BCUT2D eigenvalue weighted by atomic mass is 9.98. The number of thioether (sulfide) groups is 1. The van der Waals surface area contributed by atoms with Crippen LogP contribution in [0.3, 0.4) is 0 Å². The Morgan fingerprint density at radius 1 is 1.48 bits per heavy atom. The molecule has 0 bridgehead atoms. The van der Waals surface area contributed by atoms with Gasteiger partial charge in [0.1, 0.15) is 0 Å². The van der Waals surface area contributed by atoms with Gasteiger partial charge in [0.25, 0.3) is 0 Å². The fourth-order valence-electron chi connectivity index (χ4n) is 2.14. The summed E-state index contributed by atoms with van der Waals surface area (Å²) in [4.78, 5) is 11.5. The normalized spacial score (nSPS) is 14.8. The molecule has 1 heterocycles. The lowest BCUT2D eigenvalue weighted by Gasteiger charge is -2.09. The summed E-state index contributed by atoms with van der Waals surface area (Å²) >= 11 is 1.62. The molecule has 2 rings (SSSR count). The van der Waals surface area contributed by atoms with Crippen molar-refractivity contribution in [3.8, 4) is 0 Å². The summed E-state index contributed by atoms with van der Waals surface area (Å²) in [5, 5.41) is 16.4. The number of carbonyl (C=O) groups is 1. The summed E-state index contributed by atoms with van der Waals surface area (Å²) in [6.45, 7) is 3.71. The number of hydrogen-bond donors (Lipinski definition) is 3. The van der Waals surface area contributed by atoms with Crippen molar-refractivity contribution in [3.05, 3.63) is 65.0 Å². The van der Waals surface area contributed by atoms with Gasteiger partial charge in [-0.2, -0.15) is 0 Å². The van der Waals surface area contributed by atoms with Gasteiger partial charge in [-0.25, -0.2) is 0 Å². The van der Waals surface area contributed by atoms with E-state index >= 15 is 0 Å². The van der Waals surface area contributed by atoms with Gasteiger partial charge < -0.3 is 15.7 Å². The van der Waals surface area contributed by atoms with Crippen molar-refractivity contribution in [2.24, 2.45) is 0 Å². The quantitative estimate of drug-likeness (QED) is 0.531. The molecular formula is C16H18N2O2S. The van der Waals surface area contributed by atoms with Crippen molar-refractivity contribution < 1.29 is 9.90 Å². The molecule has 0 aromatic heterocycles. The van der Waals surface area contributed by atoms with Crippen LogP contribution in [0.25, 0.3) is 5.57 Å². The molecule has 1 aromatic carbocycles. The molecule has 5 heteroatoms. The summed E-state index contributed by atoms with van der Waals surface area (Å²) in [5.41, 5.74) is 3.28. The maximum absolute atomic E-state index is 11.5. The number of benzene rings is 1. The summed E-state index contributed by atoms with van der Waals surface area (Å²) in [6, 6.07) is 7.62. The van der Waals surface area contributed by atoms with Crippen molar-refractivity contribution in [1.82, 2.24) is 10.6 Å². The van der Waals surface area contributed by atoms with Gasteiger partial charge in [-0.3, -0.25) is 4.79 Å². The lowest BCUT2D eigenvalue weighted by molar-refractivity contribution is -0.103. The minimum absolute atomic E-state index is 0.0587. The molecular weight excluding hydrogens is 284 g/mol. The molecule has 0 saturated carbocycles. The number of hydrogen-bond acceptors (Lipinski definition) is 5. The second-order valence-electron chi connectivity index (χ2n) is 4.40. The molecule has 1 aromatic rings. The maximum Gasteiger partial charge on any atom is 0.150 e. The predicted molar refractivity (Wildman–Crippen MR) is 87.2 cm³/mol. The Morgan fingerprint density at radius 2 is 2.29 bits per heavy atom. The van der Waals surface area contributed by atoms with E-state index in [1.165, 1.54) is 0 Å². The molecule has 0 unspecified atom stereocenters. The van der Waals surface area contributed by atoms with Gasteiger partial charge in [0, 0.05) is 12.2 Å². The monoisotopic (exact) mass is 302 g/mol. The Morgan fingerprint density at radius 3 is 3.00 bits per heavy atom. The van der Waals surface area contributed by atoms with Crippen molar-refractivity contribution in [3.63, 3.8) is 0 Å². The van der Waals surface area contributed by atoms with E-state index < -0.39 is 0 Å². The van der Waals surface area contributed by atoms with Crippen LogP contribution in [-0.4, -0.2) is 23.9 Å². The molecule has 4 nitrogen and oxygen atoms in total. The van der Waals surface area contributed by atoms with Crippen LogP contribution in [0, 0.1) is 0 Å². The third-order valence-corrected chi connectivity index (χ3v) is 4.01. The first-order valence-electron chi connectivity index (χ1n) is 6.64. The van der Waals surface area contributed by atoms with E-state index in [1.807, 2.05) is 30.3 Å². The number of aldehydes is 1. The van der Waals surface area contributed by atoms with Crippen LogP contribution in [0.4, 0.5) is 0 Å². The fourth-order valence-corrected chi connectivity index (χ4v) is 2.97. The van der Waals surface area contributed by atoms with Crippen LogP contribution in [0.15, 0.2) is 53.8 Å². The molecule has 21 heavy (non-hydrogen) atoms. The first-order chi connectivity index (χ1) is 10.3. The van der Waals surface area contributed by atoms with Gasteiger partial charge in [-0.1, -0.05) is 42.6 Å². The highest BCUT2D eigenvalue weighted by Gasteiger charge is 2.14. The number of aliphatic hydroxyl groups excluding tert-OH is 1. The Balaban J connectivity index is 2.40. The van der Waals surface area contributed by atoms with Gasteiger partial charge in [0.05, 0.1) is 16.6 Å². The average molecular weight is 302 g/mol. The number of aliphatic hydroxyl groups is 1. The molecule has 0 aliphatic carbocycles. The molecule has 1 aliphatic heterocycles. The second-order valence-corrected chi connectivity index (χ2v) is 5.39. The largest absolute Gasteiger partial charge is 0.396 e. The highest BCUT2D eigenvalue weighted by atomic mass is 32.2. The second kappa shape index (κ2) is 7.71. The zero-order valence-electron chi connectivity index (χ0n) is 11.6. The number of rotatable bonds is 7. The molecule has 0 fully saturated rings. The van der Waals surface area contributed by atoms with E-state index in [0.717, 1.165) is 34.0 Å². The SMILES string of the molecule is C=CNC1=C(/C=C(/C=O)c2ccccc2CCO)NCS1. The third kappa shape index (κ3) is 3.77. The molecule has 110 valence electrons. The zero-order chi connectivity index (χ0) is 15.1. The third-order valence-electron chi connectivity index (χ3n) is 3.09. The molecule has 3 N–H and O–H groups in total. The van der Waals surface area contributed by atoms with Crippen molar-refractivity contribution in [2.45, 2.75) is 6.42 Å². The highest BCUT2D eigenvalue weighted by Crippen LogP contribution is 2.26. The van der Waals surface area contributed by atoms with Gasteiger partial charge >= 0.3 is 0 Å². The van der Waals surface area contributed by atoms with E-state index in [1.54, 1.807) is 18.0 Å². The number of carbonyl (C=O) groups excluding carboxylic acids is 1. The van der Waals surface area contributed by atoms with Crippen LogP contribution >= 0.6 is 11.8 Å². The zero-order valence-corrected chi connectivity index (χ0v) is 12.5. The minimum atomic E-state index is 0.0587. The molecule has 0 saturated heterocycles. The van der Waals surface area contributed by atoms with E-state index in [0.29, 0.717) is 12.0 Å². The summed E-state index contributed by atoms with van der Waals surface area (Å²) in [5.74, 6) is 0.756. The smallest absolute Gasteiger partial charge is 0.150 e. The van der Waals surface area contributed by atoms with Crippen LogP contribution in [0.2, 0.25) is 0 Å². The standard InChI is InChI=1S/C16H18N2O2S/c1-2-17-16-15(18-11-21-16)9-13(10-20)14-6-4-3-5-12(14)7-8-19/h2-6,9-10,17-19H,1,7-8,11H2/b13-9-. The topological polar surface area (TPSA) is 61.4 Å². The Bertz CT molecular complexity index is 594. The van der Waals surface area contributed by atoms with Gasteiger partial charge in [-0.05, 0) is 29.8 Å². The first kappa shape index (κ1) is 15.4. The van der Waals surface area contributed by atoms with Gasteiger partial charge in [0.2, 0.25) is 0 Å². The van der Waals surface area contributed by atoms with E-state index in [-0.39, 0.29) is 6.61 Å². The van der Waals surface area contributed by atoms with Crippen molar-refractivity contribution >= 4 is 23.6 Å². The average Bonchev–Trinajstić information content (AvgIpc) is 2.93. The summed E-state index contributed by atoms with van der Waals surface area (Å²) in [7, 11) is 0. The van der Waals surface area contributed by atoms with E-state index in [9.17, 15) is 4.79 Å². The molecule has 0 radical (unpaired) electrons. The fraction of sp³-hybridized carbons (Fsp3) is 0.188. The van der Waals surface area contributed by atoms with Crippen LogP contribution in [0.1, 0.15) is 11.1 Å². The highest BCUT2D eigenvalue weighted by molar-refractivity contribution is 8.03. The van der Waals surface area contributed by atoms with Crippen LogP contribution < -0.4 is 10.6 Å². The summed E-state index contributed by atoms with van der Waals surface area (Å²) < 4.78 is 0. The van der Waals surface area contributed by atoms with Crippen molar-refractivity contribution in [2.75, 3.05) is 12.5 Å². The molecule has 1 aliphatic rings. The Hall–Kier alpha value is -1.98. The predicted octanol–water partition coefficient (Wildman–Crippen LogP) is 2.00. The molecule has 0 amide bonds. The first-order valence-corrected chi connectivity index (χ1v) is 7.63. The molecule has 0 spiro atoms.